The Hall–Kier alpha value is -0.570. The average molecular weight is 267 g/mol. The molecule has 1 fully saturated rings. The number of nitrogens with one attached hydrogen (secondary N) is 1. The SMILES string of the molecule is CC(C)N1CCC(NCc2ccccc2Cl)CC1. The minimum Gasteiger partial charge on any atom is -0.310 e. The van der Waals surface area contributed by atoms with Gasteiger partial charge in [0.1, 0.15) is 0 Å². The molecule has 2 rings (SSSR count). The zero-order valence-corrected chi connectivity index (χ0v) is 12.1. The number of likely N-dealkylation sites (tertiary alicyclic amines) is 1. The summed E-state index contributed by atoms with van der Waals surface area (Å²) in [5, 5.41) is 4.49. The highest BCUT2D eigenvalue weighted by Crippen LogP contribution is 2.17. The second-order valence-corrected chi connectivity index (χ2v) is 5.78. The summed E-state index contributed by atoms with van der Waals surface area (Å²) in [6, 6.07) is 9.39. The van der Waals surface area contributed by atoms with Crippen LogP contribution in [0.15, 0.2) is 24.3 Å². The highest BCUT2D eigenvalue weighted by molar-refractivity contribution is 6.31. The van der Waals surface area contributed by atoms with Gasteiger partial charge >= 0.3 is 0 Å². The lowest BCUT2D eigenvalue weighted by molar-refractivity contribution is 0.161. The molecule has 0 atom stereocenters. The number of hydrogen-bond donors (Lipinski definition) is 1. The van der Waals surface area contributed by atoms with Gasteiger partial charge < -0.3 is 10.2 Å². The topological polar surface area (TPSA) is 15.3 Å². The summed E-state index contributed by atoms with van der Waals surface area (Å²) < 4.78 is 0. The summed E-state index contributed by atoms with van der Waals surface area (Å²) >= 11 is 6.16. The molecule has 2 nitrogen and oxygen atoms in total. The summed E-state index contributed by atoms with van der Waals surface area (Å²) in [6.45, 7) is 7.84. The molecule has 1 heterocycles. The van der Waals surface area contributed by atoms with Crippen molar-refractivity contribution in [2.75, 3.05) is 13.1 Å². The minimum atomic E-state index is 0.635. The largest absolute Gasteiger partial charge is 0.310 e. The molecule has 1 saturated heterocycles. The molecule has 1 aliphatic heterocycles. The zero-order valence-electron chi connectivity index (χ0n) is 11.3. The van der Waals surface area contributed by atoms with Gasteiger partial charge in [-0.2, -0.15) is 0 Å². The third-order valence-electron chi connectivity index (χ3n) is 3.80. The highest BCUT2D eigenvalue weighted by atomic mass is 35.5. The molecule has 0 saturated carbocycles. The van der Waals surface area contributed by atoms with Crippen molar-refractivity contribution in [1.29, 1.82) is 0 Å². The predicted molar refractivity (Wildman–Crippen MR) is 78.0 cm³/mol. The molecule has 18 heavy (non-hydrogen) atoms. The molecule has 0 bridgehead atoms. The van der Waals surface area contributed by atoms with Crippen molar-refractivity contribution >= 4 is 11.6 Å². The Balaban J connectivity index is 1.77. The van der Waals surface area contributed by atoms with Gasteiger partial charge in [0.25, 0.3) is 0 Å². The maximum atomic E-state index is 6.16. The van der Waals surface area contributed by atoms with Crippen LogP contribution in [0, 0.1) is 0 Å². The van der Waals surface area contributed by atoms with E-state index in [4.69, 9.17) is 11.6 Å². The predicted octanol–water partition coefficient (Wildman–Crippen LogP) is 3.30. The Labute approximate surface area is 115 Å². The van der Waals surface area contributed by atoms with Gasteiger partial charge in [0.15, 0.2) is 0 Å². The van der Waals surface area contributed by atoms with Gasteiger partial charge in [-0.25, -0.2) is 0 Å². The first-order chi connectivity index (χ1) is 8.66. The third kappa shape index (κ3) is 3.71. The second-order valence-electron chi connectivity index (χ2n) is 5.38. The van der Waals surface area contributed by atoms with Crippen LogP contribution in [0.4, 0.5) is 0 Å². The number of nitrogens with zero attached hydrogens (tertiary/aromatic N) is 1. The van der Waals surface area contributed by atoms with E-state index in [0.29, 0.717) is 12.1 Å². The lowest BCUT2D eigenvalue weighted by Gasteiger charge is -2.35. The number of rotatable bonds is 4. The molecule has 1 aromatic rings. The van der Waals surface area contributed by atoms with Crippen molar-refractivity contribution in [3.63, 3.8) is 0 Å². The average Bonchev–Trinajstić information content (AvgIpc) is 2.38. The van der Waals surface area contributed by atoms with E-state index in [1.807, 2.05) is 18.2 Å². The molecule has 1 N–H and O–H groups in total. The zero-order chi connectivity index (χ0) is 13.0. The molecule has 0 amide bonds. The van der Waals surface area contributed by atoms with Gasteiger partial charge in [0, 0.05) is 23.7 Å². The Kier molecular flexibility index (Phi) is 5.04. The first-order valence-electron chi connectivity index (χ1n) is 6.87. The van der Waals surface area contributed by atoms with Crippen LogP contribution in [0.2, 0.25) is 5.02 Å². The van der Waals surface area contributed by atoms with Crippen molar-refractivity contribution in [2.45, 2.75) is 45.3 Å². The van der Waals surface area contributed by atoms with Crippen LogP contribution in [-0.2, 0) is 6.54 Å². The summed E-state index contributed by atoms with van der Waals surface area (Å²) in [6.07, 6.45) is 2.48. The number of piperidine rings is 1. The van der Waals surface area contributed by atoms with Gasteiger partial charge in [0.05, 0.1) is 0 Å². The molecular formula is C15H23ClN2. The molecule has 0 radical (unpaired) electrons. The molecular weight excluding hydrogens is 244 g/mol. The maximum Gasteiger partial charge on any atom is 0.0450 e. The Morgan fingerprint density at radius 1 is 1.28 bits per heavy atom. The summed E-state index contributed by atoms with van der Waals surface area (Å²) in [7, 11) is 0. The molecule has 0 unspecified atom stereocenters. The van der Waals surface area contributed by atoms with Crippen LogP contribution >= 0.6 is 11.6 Å². The van der Waals surface area contributed by atoms with Crippen LogP contribution in [0.5, 0.6) is 0 Å². The molecule has 0 aliphatic carbocycles. The van der Waals surface area contributed by atoms with E-state index >= 15 is 0 Å². The van der Waals surface area contributed by atoms with Gasteiger partial charge in [-0.15, -0.1) is 0 Å². The third-order valence-corrected chi connectivity index (χ3v) is 4.17. The molecule has 100 valence electrons. The van der Waals surface area contributed by atoms with E-state index in [2.05, 4.69) is 30.1 Å². The normalized spacial score (nSPS) is 18.4. The molecule has 1 aliphatic rings. The lowest BCUT2D eigenvalue weighted by Crippen LogP contribution is -2.44. The van der Waals surface area contributed by atoms with E-state index in [9.17, 15) is 0 Å². The first-order valence-corrected chi connectivity index (χ1v) is 7.25. The summed E-state index contributed by atoms with van der Waals surface area (Å²) in [5.41, 5.74) is 1.20. The van der Waals surface area contributed by atoms with Gasteiger partial charge in [-0.05, 0) is 51.4 Å². The highest BCUT2D eigenvalue weighted by Gasteiger charge is 2.20. The molecule has 0 aromatic heterocycles. The summed E-state index contributed by atoms with van der Waals surface area (Å²) in [5.74, 6) is 0. The monoisotopic (exact) mass is 266 g/mol. The van der Waals surface area contributed by atoms with Crippen LogP contribution in [0.1, 0.15) is 32.3 Å². The fourth-order valence-corrected chi connectivity index (χ4v) is 2.72. The van der Waals surface area contributed by atoms with Crippen molar-refractivity contribution in [3.8, 4) is 0 Å². The number of hydrogen-bond acceptors (Lipinski definition) is 2. The smallest absolute Gasteiger partial charge is 0.0450 e. The van der Waals surface area contributed by atoms with Gasteiger partial charge in [-0.1, -0.05) is 29.8 Å². The van der Waals surface area contributed by atoms with Gasteiger partial charge in [-0.3, -0.25) is 0 Å². The standard InChI is InChI=1S/C15H23ClN2/c1-12(2)18-9-7-14(8-10-18)17-11-13-5-3-4-6-15(13)16/h3-6,12,14,17H,7-11H2,1-2H3. The second kappa shape index (κ2) is 6.55. The fourth-order valence-electron chi connectivity index (χ4n) is 2.52. The van der Waals surface area contributed by atoms with Gasteiger partial charge in [0.2, 0.25) is 0 Å². The van der Waals surface area contributed by atoms with Crippen LogP contribution in [0.3, 0.4) is 0 Å². The Morgan fingerprint density at radius 3 is 2.56 bits per heavy atom. The van der Waals surface area contributed by atoms with Crippen LogP contribution < -0.4 is 5.32 Å². The minimum absolute atomic E-state index is 0.635. The van der Waals surface area contributed by atoms with E-state index in [1.165, 1.54) is 31.5 Å². The number of halogens is 1. The molecule has 0 spiro atoms. The van der Waals surface area contributed by atoms with Crippen molar-refractivity contribution in [2.24, 2.45) is 0 Å². The van der Waals surface area contributed by atoms with Crippen molar-refractivity contribution in [1.82, 2.24) is 10.2 Å². The quantitative estimate of drug-likeness (QED) is 0.900. The van der Waals surface area contributed by atoms with Crippen LogP contribution in [0.25, 0.3) is 0 Å². The summed E-state index contributed by atoms with van der Waals surface area (Å²) in [4.78, 5) is 2.55. The van der Waals surface area contributed by atoms with E-state index < -0.39 is 0 Å². The van der Waals surface area contributed by atoms with Crippen LogP contribution in [-0.4, -0.2) is 30.1 Å². The van der Waals surface area contributed by atoms with Crippen molar-refractivity contribution < 1.29 is 0 Å². The van der Waals surface area contributed by atoms with E-state index in [-0.39, 0.29) is 0 Å². The Morgan fingerprint density at radius 2 is 1.94 bits per heavy atom. The van der Waals surface area contributed by atoms with Crippen molar-refractivity contribution in [3.05, 3.63) is 34.9 Å². The Bertz CT molecular complexity index is 371. The number of benzene rings is 1. The fraction of sp³-hybridized carbons (Fsp3) is 0.600. The molecule has 3 heteroatoms. The lowest BCUT2D eigenvalue weighted by atomic mass is 10.0. The molecule has 1 aromatic carbocycles. The van der Waals surface area contributed by atoms with E-state index in [0.717, 1.165) is 11.6 Å². The first kappa shape index (κ1) is 13.9. The maximum absolute atomic E-state index is 6.16. The van der Waals surface area contributed by atoms with E-state index in [1.54, 1.807) is 0 Å².